The minimum Gasteiger partial charge on any atom is -0.456 e. The maximum absolute atomic E-state index is 12.5. The topological polar surface area (TPSA) is 90.0 Å². The van der Waals surface area contributed by atoms with E-state index in [-0.39, 0.29) is 17.9 Å². The SMILES string of the molecule is [B]CC(=O)c1ccc(-c2ccc(C(=O)COC(=O)[C@@H]3CCCN3C(=O)OC(C)(C)C)cc2)cc1. The summed E-state index contributed by atoms with van der Waals surface area (Å²) in [6, 6.07) is 13.2. The molecule has 0 spiro atoms. The van der Waals surface area contributed by atoms with Crippen molar-refractivity contribution >= 4 is 31.5 Å². The Hall–Kier alpha value is -3.42. The molecule has 3 rings (SSSR count). The molecule has 7 nitrogen and oxygen atoms in total. The Bertz CT molecular complexity index is 1060. The Morgan fingerprint density at radius 2 is 1.44 bits per heavy atom. The molecule has 1 saturated heterocycles. The number of hydrogen-bond donors (Lipinski definition) is 0. The minimum atomic E-state index is -0.751. The van der Waals surface area contributed by atoms with Crippen molar-refractivity contribution in [3.8, 4) is 11.1 Å². The van der Waals surface area contributed by atoms with Crippen molar-refractivity contribution in [2.75, 3.05) is 13.2 Å². The number of likely N-dealkylation sites (tertiary alicyclic amines) is 1. The first-order valence-corrected chi connectivity index (χ1v) is 11.2. The lowest BCUT2D eigenvalue weighted by Crippen LogP contribution is -2.44. The van der Waals surface area contributed by atoms with Gasteiger partial charge in [0.25, 0.3) is 0 Å². The molecule has 0 unspecified atom stereocenters. The largest absolute Gasteiger partial charge is 0.456 e. The first-order valence-electron chi connectivity index (χ1n) is 11.2. The van der Waals surface area contributed by atoms with Gasteiger partial charge in [-0.1, -0.05) is 48.5 Å². The number of benzene rings is 2. The number of nitrogens with zero attached hydrogens (tertiary/aromatic N) is 1. The number of amides is 1. The van der Waals surface area contributed by atoms with Crippen LogP contribution in [-0.4, -0.2) is 61.2 Å². The second-order valence-corrected chi connectivity index (χ2v) is 9.14. The number of hydrogen-bond acceptors (Lipinski definition) is 6. The normalized spacial score (nSPS) is 15.6. The molecule has 2 aromatic carbocycles. The first kappa shape index (κ1) is 25.2. The van der Waals surface area contributed by atoms with Gasteiger partial charge in [-0.25, -0.2) is 9.59 Å². The summed E-state index contributed by atoms with van der Waals surface area (Å²) in [6.07, 6.45) is 0.529. The van der Waals surface area contributed by atoms with Crippen molar-refractivity contribution in [2.45, 2.75) is 51.6 Å². The third-order valence-electron chi connectivity index (χ3n) is 5.43. The fraction of sp³-hybridized carbons (Fsp3) is 0.385. The lowest BCUT2D eigenvalue weighted by atomic mass is 9.94. The van der Waals surface area contributed by atoms with E-state index in [0.29, 0.717) is 30.5 Å². The number of ether oxygens (including phenoxy) is 2. The van der Waals surface area contributed by atoms with Gasteiger partial charge >= 0.3 is 12.1 Å². The highest BCUT2D eigenvalue weighted by Crippen LogP contribution is 2.23. The van der Waals surface area contributed by atoms with Gasteiger partial charge in [0, 0.05) is 17.7 Å². The van der Waals surface area contributed by atoms with Crippen molar-refractivity contribution < 1.29 is 28.7 Å². The monoisotopic (exact) mass is 461 g/mol. The molecule has 1 aliphatic rings. The molecule has 176 valence electrons. The van der Waals surface area contributed by atoms with Crippen LogP contribution >= 0.6 is 0 Å². The van der Waals surface area contributed by atoms with Crippen LogP contribution < -0.4 is 0 Å². The summed E-state index contributed by atoms with van der Waals surface area (Å²) >= 11 is 0. The molecule has 2 radical (unpaired) electrons. The zero-order valence-electron chi connectivity index (χ0n) is 19.7. The van der Waals surface area contributed by atoms with Crippen LogP contribution in [0, 0.1) is 0 Å². The van der Waals surface area contributed by atoms with Gasteiger partial charge in [0.2, 0.25) is 0 Å². The van der Waals surface area contributed by atoms with Crippen LogP contribution in [0.15, 0.2) is 48.5 Å². The molecule has 8 heteroatoms. The molecular formula is C26H28BNO6. The maximum Gasteiger partial charge on any atom is 0.411 e. The standard InChI is InChI=1S/C26H28BNO6/c1-26(2,3)34-25(32)28-14-4-5-21(28)24(31)33-16-23(30)20-12-8-18(9-13-20)17-6-10-19(11-7-17)22(29)15-27/h6-13,21H,4-5,14-16H2,1-3H3/t21-/m0/s1. The van der Waals surface area contributed by atoms with E-state index in [1.54, 1.807) is 57.2 Å². The predicted octanol–water partition coefficient (Wildman–Crippen LogP) is 4.25. The van der Waals surface area contributed by atoms with Crippen LogP contribution in [0.1, 0.15) is 54.3 Å². The summed E-state index contributed by atoms with van der Waals surface area (Å²) in [5.74, 6) is -1.08. The summed E-state index contributed by atoms with van der Waals surface area (Å²) in [5.41, 5.74) is 2.05. The van der Waals surface area contributed by atoms with E-state index in [4.69, 9.17) is 17.3 Å². The third kappa shape index (κ3) is 6.34. The quantitative estimate of drug-likeness (QED) is 0.348. The van der Waals surface area contributed by atoms with E-state index in [1.807, 2.05) is 12.1 Å². The average Bonchev–Trinajstić information content (AvgIpc) is 3.31. The predicted molar refractivity (Wildman–Crippen MR) is 128 cm³/mol. The van der Waals surface area contributed by atoms with Crippen molar-refractivity contribution in [3.63, 3.8) is 0 Å². The van der Waals surface area contributed by atoms with Gasteiger partial charge in [-0.15, -0.1) is 0 Å². The Morgan fingerprint density at radius 1 is 0.912 bits per heavy atom. The highest BCUT2D eigenvalue weighted by molar-refractivity contribution is 6.24. The van der Waals surface area contributed by atoms with Crippen LogP contribution in [0.2, 0.25) is 6.32 Å². The highest BCUT2D eigenvalue weighted by atomic mass is 16.6. The van der Waals surface area contributed by atoms with Gasteiger partial charge in [0.1, 0.15) is 11.6 Å². The molecule has 0 saturated carbocycles. The number of carbonyl (C=O) groups is 4. The van der Waals surface area contributed by atoms with Crippen LogP contribution in [0.5, 0.6) is 0 Å². The van der Waals surface area contributed by atoms with Crippen LogP contribution in [0.3, 0.4) is 0 Å². The van der Waals surface area contributed by atoms with Gasteiger partial charge < -0.3 is 9.47 Å². The lowest BCUT2D eigenvalue weighted by Gasteiger charge is -2.27. The first-order chi connectivity index (χ1) is 16.1. The molecule has 1 amide bonds. The number of carbonyl (C=O) groups excluding carboxylic acids is 4. The summed E-state index contributed by atoms with van der Waals surface area (Å²) in [5, 5.41) is 0. The average molecular weight is 461 g/mol. The van der Waals surface area contributed by atoms with Gasteiger partial charge in [0.05, 0.1) is 7.85 Å². The van der Waals surface area contributed by atoms with E-state index < -0.39 is 30.3 Å². The molecule has 0 bridgehead atoms. The summed E-state index contributed by atoms with van der Waals surface area (Å²) < 4.78 is 10.6. The Labute approximate surface area is 200 Å². The molecule has 1 aliphatic heterocycles. The second-order valence-electron chi connectivity index (χ2n) is 9.14. The van der Waals surface area contributed by atoms with Gasteiger partial charge in [0.15, 0.2) is 18.2 Å². The zero-order chi connectivity index (χ0) is 24.9. The Kier molecular flexibility index (Phi) is 7.92. The van der Waals surface area contributed by atoms with Crippen molar-refractivity contribution in [3.05, 3.63) is 59.7 Å². The Morgan fingerprint density at radius 3 is 1.94 bits per heavy atom. The van der Waals surface area contributed by atoms with Crippen molar-refractivity contribution in [1.82, 2.24) is 4.90 Å². The van der Waals surface area contributed by atoms with Crippen LogP contribution in [0.25, 0.3) is 11.1 Å². The van der Waals surface area contributed by atoms with Gasteiger partial charge in [-0.2, -0.15) is 0 Å². The third-order valence-corrected chi connectivity index (χ3v) is 5.43. The maximum atomic E-state index is 12.5. The number of rotatable bonds is 7. The summed E-state index contributed by atoms with van der Waals surface area (Å²) in [4.78, 5) is 50.5. The molecule has 34 heavy (non-hydrogen) atoms. The van der Waals surface area contributed by atoms with Crippen molar-refractivity contribution in [2.24, 2.45) is 0 Å². The van der Waals surface area contributed by atoms with E-state index in [9.17, 15) is 19.2 Å². The molecule has 0 N–H and O–H groups in total. The number of ketones is 2. The summed E-state index contributed by atoms with van der Waals surface area (Å²) in [6.45, 7) is 5.28. The molecular weight excluding hydrogens is 433 g/mol. The molecule has 2 aromatic rings. The van der Waals surface area contributed by atoms with Crippen molar-refractivity contribution in [1.29, 1.82) is 0 Å². The van der Waals surface area contributed by atoms with Gasteiger partial charge in [-0.05, 0) is 51.1 Å². The van der Waals surface area contributed by atoms with Crippen LogP contribution in [0.4, 0.5) is 4.79 Å². The number of esters is 1. The molecule has 1 heterocycles. The number of Topliss-reactive ketones (excluding diaryl/α,β-unsaturated/α-hetero) is 2. The Balaban J connectivity index is 1.57. The molecule has 0 aliphatic carbocycles. The van der Waals surface area contributed by atoms with E-state index in [1.165, 1.54) is 4.90 Å². The fourth-order valence-corrected chi connectivity index (χ4v) is 3.68. The smallest absolute Gasteiger partial charge is 0.411 e. The fourth-order valence-electron chi connectivity index (χ4n) is 3.68. The second kappa shape index (κ2) is 10.7. The van der Waals surface area contributed by atoms with E-state index >= 15 is 0 Å². The molecule has 1 fully saturated rings. The lowest BCUT2D eigenvalue weighted by molar-refractivity contribution is -0.147. The highest BCUT2D eigenvalue weighted by Gasteiger charge is 2.37. The van der Waals surface area contributed by atoms with Gasteiger partial charge in [-0.3, -0.25) is 14.5 Å². The molecule has 1 atom stereocenters. The molecule has 0 aromatic heterocycles. The van der Waals surface area contributed by atoms with E-state index in [2.05, 4.69) is 0 Å². The zero-order valence-corrected chi connectivity index (χ0v) is 19.7. The summed E-state index contributed by atoms with van der Waals surface area (Å²) in [7, 11) is 5.38. The van der Waals surface area contributed by atoms with E-state index in [0.717, 1.165) is 11.1 Å². The van der Waals surface area contributed by atoms with Crippen LogP contribution in [-0.2, 0) is 14.3 Å². The minimum absolute atomic E-state index is 0.0412.